The molecule has 0 heterocycles. The number of carbonyl (C=O) groups excluding carboxylic acids is 1. The van der Waals surface area contributed by atoms with E-state index in [-0.39, 0.29) is 28.3 Å². The van der Waals surface area contributed by atoms with Gasteiger partial charge in [-0.05, 0) is 73.2 Å². The minimum atomic E-state index is -1.40. The van der Waals surface area contributed by atoms with Crippen molar-refractivity contribution in [3.8, 4) is 0 Å². The summed E-state index contributed by atoms with van der Waals surface area (Å²) in [6.07, 6.45) is 10.1. The first-order valence-electron chi connectivity index (χ1n) is 10.2. The van der Waals surface area contributed by atoms with E-state index in [1.807, 2.05) is 6.08 Å². The molecule has 0 aromatic rings. The number of ketones is 1. The highest BCUT2D eigenvalue weighted by atomic mass is 16.4. The molecule has 0 saturated heterocycles. The monoisotopic (exact) mass is 374 g/mol. The van der Waals surface area contributed by atoms with Gasteiger partial charge in [0.25, 0.3) is 5.78 Å². The van der Waals surface area contributed by atoms with E-state index in [4.69, 9.17) is 5.11 Å². The maximum Gasteiger partial charge on any atom is 0.376 e. The van der Waals surface area contributed by atoms with Crippen molar-refractivity contribution < 1.29 is 19.8 Å². The molecule has 2 saturated carbocycles. The molecule has 0 unspecified atom stereocenters. The number of hydrogen-bond acceptors (Lipinski definition) is 3. The van der Waals surface area contributed by atoms with E-state index in [1.54, 1.807) is 0 Å². The number of fused-ring (bicyclic) bond motifs is 3. The van der Waals surface area contributed by atoms with Gasteiger partial charge in [0, 0.05) is 5.92 Å². The Hall–Kier alpha value is -1.42. The van der Waals surface area contributed by atoms with Crippen LogP contribution < -0.4 is 0 Å². The van der Waals surface area contributed by atoms with E-state index in [1.165, 1.54) is 11.6 Å². The number of aliphatic hydroxyl groups excluding tert-OH is 1. The first-order valence-corrected chi connectivity index (χ1v) is 10.2. The van der Waals surface area contributed by atoms with Crippen LogP contribution in [0.4, 0.5) is 0 Å². The largest absolute Gasteiger partial charge is 0.475 e. The van der Waals surface area contributed by atoms with Crippen LogP contribution in [-0.2, 0) is 9.59 Å². The molecule has 2 N–H and O–H groups in total. The summed E-state index contributed by atoms with van der Waals surface area (Å²) in [4.78, 5) is 22.6. The number of carboxylic acid groups (broad SMARTS) is 1. The Morgan fingerprint density at radius 1 is 1.07 bits per heavy atom. The summed E-state index contributed by atoms with van der Waals surface area (Å²) in [7, 11) is 0. The van der Waals surface area contributed by atoms with Crippen molar-refractivity contribution in [2.45, 2.75) is 72.8 Å². The molecule has 3 rings (SSSR count). The average molecular weight is 375 g/mol. The number of carboxylic acids is 1. The third-order valence-electron chi connectivity index (χ3n) is 8.60. The fourth-order valence-corrected chi connectivity index (χ4v) is 7.07. The van der Waals surface area contributed by atoms with Gasteiger partial charge in [0.05, 0.1) is 6.10 Å². The van der Waals surface area contributed by atoms with Crippen LogP contribution in [0.3, 0.4) is 0 Å². The molecule has 2 fully saturated rings. The van der Waals surface area contributed by atoms with Gasteiger partial charge >= 0.3 is 5.97 Å². The number of aliphatic hydroxyl groups is 1. The van der Waals surface area contributed by atoms with Gasteiger partial charge in [-0.25, -0.2) is 4.79 Å². The van der Waals surface area contributed by atoms with Crippen molar-refractivity contribution in [2.24, 2.45) is 34.0 Å². The second kappa shape index (κ2) is 6.58. The molecule has 4 heteroatoms. The molecule has 0 aromatic carbocycles. The van der Waals surface area contributed by atoms with Crippen LogP contribution in [0.1, 0.15) is 66.7 Å². The Morgan fingerprint density at radius 3 is 2.33 bits per heavy atom. The predicted molar refractivity (Wildman–Crippen MR) is 105 cm³/mol. The summed E-state index contributed by atoms with van der Waals surface area (Å²) in [5.41, 5.74) is 1.31. The van der Waals surface area contributed by atoms with Crippen LogP contribution in [0.5, 0.6) is 0 Å². The summed E-state index contributed by atoms with van der Waals surface area (Å²) >= 11 is 0. The average Bonchev–Trinajstić information content (AvgIpc) is 2.57. The van der Waals surface area contributed by atoms with Crippen LogP contribution in [-0.4, -0.2) is 28.1 Å². The van der Waals surface area contributed by atoms with Crippen LogP contribution in [0.2, 0.25) is 0 Å². The molecule has 0 spiro atoms. The second-order valence-electron chi connectivity index (χ2n) is 10.2. The minimum absolute atomic E-state index is 0.0116. The van der Waals surface area contributed by atoms with E-state index < -0.39 is 11.8 Å². The summed E-state index contributed by atoms with van der Waals surface area (Å²) in [6, 6.07) is 0. The van der Waals surface area contributed by atoms with E-state index in [2.05, 4.69) is 40.7 Å². The highest BCUT2D eigenvalue weighted by Gasteiger charge is 2.62. The SMILES string of the molecule is CC1=CC[C@H]2[C@]3(C)CC[C@@H](O)C(C)(C)[C@H]3CC[C@@]2(C)[C@@H]1/C=C/C(=O)C(=O)O. The molecule has 4 nitrogen and oxygen atoms in total. The number of allylic oxidation sites excluding steroid dienone is 3. The number of aliphatic carboxylic acids is 1. The van der Waals surface area contributed by atoms with Crippen LogP contribution in [0.25, 0.3) is 0 Å². The Morgan fingerprint density at radius 2 is 1.70 bits per heavy atom. The quantitative estimate of drug-likeness (QED) is 0.437. The van der Waals surface area contributed by atoms with E-state index in [0.717, 1.165) is 32.1 Å². The molecule has 0 aliphatic heterocycles. The summed E-state index contributed by atoms with van der Waals surface area (Å²) < 4.78 is 0. The Balaban J connectivity index is 1.99. The minimum Gasteiger partial charge on any atom is -0.475 e. The smallest absolute Gasteiger partial charge is 0.376 e. The topological polar surface area (TPSA) is 74.6 Å². The van der Waals surface area contributed by atoms with Gasteiger partial charge in [-0.2, -0.15) is 0 Å². The molecule has 0 radical (unpaired) electrons. The van der Waals surface area contributed by atoms with Crippen molar-refractivity contribution in [3.63, 3.8) is 0 Å². The molecule has 6 atom stereocenters. The summed E-state index contributed by atoms with van der Waals surface area (Å²) in [5, 5.41) is 19.5. The highest BCUT2D eigenvalue weighted by molar-refractivity contribution is 6.37. The van der Waals surface area contributed by atoms with Gasteiger partial charge < -0.3 is 10.2 Å². The second-order valence-corrected chi connectivity index (χ2v) is 10.2. The van der Waals surface area contributed by atoms with E-state index in [9.17, 15) is 14.7 Å². The zero-order chi connectivity index (χ0) is 20.2. The Kier molecular flexibility index (Phi) is 4.95. The van der Waals surface area contributed by atoms with Crippen molar-refractivity contribution in [1.29, 1.82) is 0 Å². The molecule has 3 aliphatic rings. The van der Waals surface area contributed by atoms with Crippen LogP contribution in [0, 0.1) is 34.0 Å². The molecule has 3 aliphatic carbocycles. The maximum absolute atomic E-state index is 11.6. The van der Waals surface area contributed by atoms with Crippen LogP contribution in [0.15, 0.2) is 23.8 Å². The fraction of sp³-hybridized carbons (Fsp3) is 0.739. The normalized spacial score (nSPS) is 43.6. The number of rotatable bonds is 3. The third kappa shape index (κ3) is 3.00. The molecule has 0 aromatic heterocycles. The lowest BCUT2D eigenvalue weighted by molar-refractivity contribution is -0.177. The van der Waals surface area contributed by atoms with Gasteiger partial charge in [-0.3, -0.25) is 4.79 Å². The van der Waals surface area contributed by atoms with Crippen molar-refractivity contribution in [3.05, 3.63) is 23.8 Å². The van der Waals surface area contributed by atoms with Crippen molar-refractivity contribution >= 4 is 11.8 Å². The molecule has 0 amide bonds. The lowest BCUT2D eigenvalue weighted by atomic mass is 9.39. The standard InChI is InChI=1S/C23H34O4/c1-14-6-9-18-22(4,15(14)7-8-16(24)20(26)27)12-10-17-21(2,3)19(25)11-13-23(17,18)5/h6-8,15,17-19,25H,9-13H2,1-5H3,(H,26,27)/b8-7+/t15-,17-,18-,19-,22+,23-/m1/s1. The third-order valence-corrected chi connectivity index (χ3v) is 8.60. The lowest BCUT2D eigenvalue weighted by Crippen LogP contribution is -2.60. The Labute approximate surface area is 162 Å². The zero-order valence-electron chi connectivity index (χ0n) is 17.3. The fourth-order valence-electron chi connectivity index (χ4n) is 7.07. The summed E-state index contributed by atoms with van der Waals surface area (Å²) in [5.74, 6) is -1.22. The summed E-state index contributed by atoms with van der Waals surface area (Å²) in [6.45, 7) is 11.3. The first kappa shape index (κ1) is 20.3. The van der Waals surface area contributed by atoms with Gasteiger partial charge in [-0.15, -0.1) is 0 Å². The van der Waals surface area contributed by atoms with Gasteiger partial charge in [0.15, 0.2) is 0 Å². The van der Waals surface area contributed by atoms with Gasteiger partial charge in [-0.1, -0.05) is 45.4 Å². The zero-order valence-corrected chi connectivity index (χ0v) is 17.3. The number of hydrogen-bond donors (Lipinski definition) is 2. The van der Waals surface area contributed by atoms with E-state index >= 15 is 0 Å². The molecule has 27 heavy (non-hydrogen) atoms. The maximum atomic E-state index is 11.6. The lowest BCUT2D eigenvalue weighted by Gasteiger charge is -2.65. The first-order chi connectivity index (χ1) is 12.4. The predicted octanol–water partition coefficient (Wildman–Crippen LogP) is 4.38. The van der Waals surface area contributed by atoms with Gasteiger partial charge in [0.2, 0.25) is 0 Å². The van der Waals surface area contributed by atoms with Crippen molar-refractivity contribution in [1.82, 2.24) is 0 Å². The molecule has 0 bridgehead atoms. The van der Waals surface area contributed by atoms with Crippen molar-refractivity contribution in [2.75, 3.05) is 0 Å². The molecule has 150 valence electrons. The Bertz CT molecular complexity index is 703. The van der Waals surface area contributed by atoms with Crippen LogP contribution >= 0.6 is 0 Å². The molecular formula is C23H34O4. The highest BCUT2D eigenvalue weighted by Crippen LogP contribution is 2.68. The number of carbonyl (C=O) groups is 2. The molecular weight excluding hydrogens is 340 g/mol. The van der Waals surface area contributed by atoms with E-state index in [0.29, 0.717) is 11.8 Å². The van der Waals surface area contributed by atoms with Gasteiger partial charge in [0.1, 0.15) is 0 Å².